The molecule has 0 saturated heterocycles. The predicted molar refractivity (Wildman–Crippen MR) is 70.9 cm³/mol. The lowest BCUT2D eigenvalue weighted by atomic mass is 9.93. The van der Waals surface area contributed by atoms with Crippen molar-refractivity contribution in [3.05, 3.63) is 18.0 Å². The van der Waals surface area contributed by atoms with E-state index in [0.717, 1.165) is 24.8 Å². The highest BCUT2D eigenvalue weighted by molar-refractivity contribution is 5.02. The summed E-state index contributed by atoms with van der Waals surface area (Å²) in [6, 6.07) is 2.75. The molecular formula is C14H25N3. The van der Waals surface area contributed by atoms with Crippen LogP contribution in [0.15, 0.2) is 12.3 Å². The van der Waals surface area contributed by atoms with Gasteiger partial charge in [-0.1, -0.05) is 20.3 Å². The number of aryl methyl sites for hydroxylation is 1. The fourth-order valence-electron chi connectivity index (χ4n) is 3.08. The number of hydrogen-bond donors (Lipinski definition) is 1. The second-order valence-corrected chi connectivity index (χ2v) is 5.53. The van der Waals surface area contributed by atoms with Crippen molar-refractivity contribution in [3.8, 4) is 0 Å². The molecule has 2 rings (SSSR count). The topological polar surface area (TPSA) is 29.9 Å². The standard InChI is InChI=1S/C14H25N3/c1-4-15-14(12-6-5-11(2)9-12)10-13-7-8-17(3)16-13/h7-8,11-12,14-15H,4-6,9-10H2,1-3H3. The Morgan fingerprint density at radius 2 is 2.35 bits per heavy atom. The molecule has 3 atom stereocenters. The summed E-state index contributed by atoms with van der Waals surface area (Å²) in [5.74, 6) is 1.75. The molecule has 0 amide bonds. The molecule has 1 aromatic rings. The van der Waals surface area contributed by atoms with Gasteiger partial charge < -0.3 is 5.32 Å². The molecule has 1 aliphatic carbocycles. The van der Waals surface area contributed by atoms with Crippen molar-refractivity contribution < 1.29 is 0 Å². The van der Waals surface area contributed by atoms with Gasteiger partial charge in [-0.3, -0.25) is 4.68 Å². The van der Waals surface area contributed by atoms with Gasteiger partial charge in [0.25, 0.3) is 0 Å². The molecule has 1 fully saturated rings. The van der Waals surface area contributed by atoms with E-state index in [-0.39, 0.29) is 0 Å². The van der Waals surface area contributed by atoms with E-state index < -0.39 is 0 Å². The first kappa shape index (κ1) is 12.6. The predicted octanol–water partition coefficient (Wildman–Crippen LogP) is 2.38. The van der Waals surface area contributed by atoms with Gasteiger partial charge in [0.1, 0.15) is 0 Å². The number of hydrogen-bond acceptors (Lipinski definition) is 2. The zero-order valence-electron chi connectivity index (χ0n) is 11.3. The van der Waals surface area contributed by atoms with Crippen LogP contribution in [0.1, 0.15) is 38.8 Å². The van der Waals surface area contributed by atoms with Gasteiger partial charge in [-0.2, -0.15) is 5.10 Å². The van der Waals surface area contributed by atoms with Gasteiger partial charge in [0.2, 0.25) is 0 Å². The van der Waals surface area contributed by atoms with Gasteiger partial charge in [-0.15, -0.1) is 0 Å². The molecule has 1 N–H and O–H groups in total. The Balaban J connectivity index is 1.97. The molecule has 1 aromatic heterocycles. The lowest BCUT2D eigenvalue weighted by molar-refractivity contribution is 0.351. The third-order valence-electron chi connectivity index (χ3n) is 3.97. The number of aromatic nitrogens is 2. The smallest absolute Gasteiger partial charge is 0.0640 e. The lowest BCUT2D eigenvalue weighted by Gasteiger charge is -2.23. The van der Waals surface area contributed by atoms with Crippen LogP contribution >= 0.6 is 0 Å². The molecular weight excluding hydrogens is 210 g/mol. The van der Waals surface area contributed by atoms with Gasteiger partial charge in [0.15, 0.2) is 0 Å². The highest BCUT2D eigenvalue weighted by Crippen LogP contribution is 2.33. The monoisotopic (exact) mass is 235 g/mol. The van der Waals surface area contributed by atoms with E-state index in [0.29, 0.717) is 6.04 Å². The fraction of sp³-hybridized carbons (Fsp3) is 0.786. The Hall–Kier alpha value is -0.830. The zero-order chi connectivity index (χ0) is 12.3. The molecule has 17 heavy (non-hydrogen) atoms. The van der Waals surface area contributed by atoms with E-state index in [9.17, 15) is 0 Å². The Bertz CT molecular complexity index is 345. The molecule has 3 heteroatoms. The number of rotatable bonds is 5. The van der Waals surface area contributed by atoms with Gasteiger partial charge in [-0.25, -0.2) is 0 Å². The van der Waals surface area contributed by atoms with Crippen LogP contribution in [0.5, 0.6) is 0 Å². The summed E-state index contributed by atoms with van der Waals surface area (Å²) >= 11 is 0. The quantitative estimate of drug-likeness (QED) is 0.849. The molecule has 1 saturated carbocycles. The molecule has 96 valence electrons. The van der Waals surface area contributed by atoms with Crippen molar-refractivity contribution in [2.45, 2.75) is 45.6 Å². The van der Waals surface area contributed by atoms with E-state index in [1.54, 1.807) is 0 Å². The number of likely N-dealkylation sites (N-methyl/N-ethyl adjacent to an activating group) is 1. The third kappa shape index (κ3) is 3.32. The van der Waals surface area contributed by atoms with E-state index in [1.807, 2.05) is 17.9 Å². The average molecular weight is 235 g/mol. The maximum atomic E-state index is 4.50. The molecule has 0 aliphatic heterocycles. The second kappa shape index (κ2) is 5.67. The summed E-state index contributed by atoms with van der Waals surface area (Å²) in [5, 5.41) is 8.15. The minimum atomic E-state index is 0.611. The fourth-order valence-corrected chi connectivity index (χ4v) is 3.08. The van der Waals surface area contributed by atoms with Crippen LogP contribution in [0.4, 0.5) is 0 Å². The van der Waals surface area contributed by atoms with Gasteiger partial charge >= 0.3 is 0 Å². The van der Waals surface area contributed by atoms with Crippen molar-refractivity contribution in [3.63, 3.8) is 0 Å². The van der Waals surface area contributed by atoms with E-state index >= 15 is 0 Å². The zero-order valence-corrected chi connectivity index (χ0v) is 11.3. The van der Waals surface area contributed by atoms with Crippen LogP contribution in [-0.4, -0.2) is 22.4 Å². The highest BCUT2D eigenvalue weighted by Gasteiger charge is 2.28. The Morgan fingerprint density at radius 1 is 1.53 bits per heavy atom. The molecule has 1 aliphatic rings. The molecule has 0 radical (unpaired) electrons. The summed E-state index contributed by atoms with van der Waals surface area (Å²) in [7, 11) is 1.99. The van der Waals surface area contributed by atoms with Crippen LogP contribution in [0, 0.1) is 11.8 Å². The minimum absolute atomic E-state index is 0.611. The lowest BCUT2D eigenvalue weighted by Crippen LogP contribution is -2.37. The van der Waals surface area contributed by atoms with E-state index in [2.05, 4.69) is 30.3 Å². The summed E-state index contributed by atoms with van der Waals surface area (Å²) in [5.41, 5.74) is 1.22. The molecule has 0 bridgehead atoms. The van der Waals surface area contributed by atoms with Crippen LogP contribution in [0.3, 0.4) is 0 Å². The maximum absolute atomic E-state index is 4.50. The van der Waals surface area contributed by atoms with Gasteiger partial charge in [0, 0.05) is 25.7 Å². The van der Waals surface area contributed by atoms with Crippen molar-refractivity contribution in [1.82, 2.24) is 15.1 Å². The molecule has 3 unspecified atom stereocenters. The highest BCUT2D eigenvalue weighted by atomic mass is 15.2. The van der Waals surface area contributed by atoms with Crippen LogP contribution in [-0.2, 0) is 13.5 Å². The molecule has 3 nitrogen and oxygen atoms in total. The Kier molecular flexibility index (Phi) is 4.21. The third-order valence-corrected chi connectivity index (χ3v) is 3.97. The number of nitrogens with zero attached hydrogens (tertiary/aromatic N) is 2. The SMILES string of the molecule is CCNC(Cc1ccn(C)n1)C1CCC(C)C1. The molecule has 0 spiro atoms. The first-order chi connectivity index (χ1) is 8.19. The van der Waals surface area contributed by atoms with Crippen LogP contribution in [0.2, 0.25) is 0 Å². The van der Waals surface area contributed by atoms with Crippen molar-refractivity contribution in [1.29, 1.82) is 0 Å². The summed E-state index contributed by atoms with van der Waals surface area (Å²) < 4.78 is 1.90. The van der Waals surface area contributed by atoms with Crippen molar-refractivity contribution in [2.24, 2.45) is 18.9 Å². The summed E-state index contributed by atoms with van der Waals surface area (Å²) in [4.78, 5) is 0. The van der Waals surface area contributed by atoms with Crippen molar-refractivity contribution in [2.75, 3.05) is 6.54 Å². The maximum Gasteiger partial charge on any atom is 0.0640 e. The van der Waals surface area contributed by atoms with Gasteiger partial charge in [0.05, 0.1) is 5.69 Å². The Labute approximate surface area is 105 Å². The summed E-state index contributed by atoms with van der Waals surface area (Å²) in [6.07, 6.45) is 7.27. The Morgan fingerprint density at radius 3 is 2.88 bits per heavy atom. The van der Waals surface area contributed by atoms with Crippen LogP contribution in [0.25, 0.3) is 0 Å². The average Bonchev–Trinajstić information content (AvgIpc) is 2.87. The van der Waals surface area contributed by atoms with E-state index in [4.69, 9.17) is 0 Å². The van der Waals surface area contributed by atoms with Gasteiger partial charge in [-0.05, 0) is 37.3 Å². The second-order valence-electron chi connectivity index (χ2n) is 5.53. The molecule has 0 aromatic carbocycles. The molecule has 1 heterocycles. The van der Waals surface area contributed by atoms with E-state index in [1.165, 1.54) is 25.0 Å². The summed E-state index contributed by atoms with van der Waals surface area (Å²) in [6.45, 7) is 5.63. The first-order valence-corrected chi connectivity index (χ1v) is 6.91. The number of nitrogens with one attached hydrogen (secondary N) is 1. The first-order valence-electron chi connectivity index (χ1n) is 6.91. The largest absolute Gasteiger partial charge is 0.314 e. The normalized spacial score (nSPS) is 26.3. The van der Waals surface area contributed by atoms with Crippen molar-refractivity contribution >= 4 is 0 Å². The minimum Gasteiger partial charge on any atom is -0.314 e. The van der Waals surface area contributed by atoms with Crippen LogP contribution < -0.4 is 5.32 Å².